The lowest BCUT2D eigenvalue weighted by Crippen LogP contribution is -2.46. The smallest absolute Gasteiger partial charge is 0.276 e. The van der Waals surface area contributed by atoms with E-state index in [9.17, 15) is 18.0 Å². The summed E-state index contributed by atoms with van der Waals surface area (Å²) < 4.78 is 30.5. The molecule has 1 aromatic heterocycles. The van der Waals surface area contributed by atoms with E-state index in [4.69, 9.17) is 4.74 Å². The summed E-state index contributed by atoms with van der Waals surface area (Å²) in [5, 5.41) is 6.16. The molecule has 2 amide bonds. The van der Waals surface area contributed by atoms with Gasteiger partial charge in [0, 0.05) is 19.4 Å². The first kappa shape index (κ1) is 21.5. The molecule has 0 N–H and O–H groups in total. The number of hydrogen-bond acceptors (Lipinski definition) is 8. The first-order valence-corrected chi connectivity index (χ1v) is 13.4. The number of carbonyl (C=O) groups excluding carboxylic acids is 2. The van der Waals surface area contributed by atoms with Crippen molar-refractivity contribution in [2.75, 3.05) is 29.6 Å². The van der Waals surface area contributed by atoms with Crippen LogP contribution in [0.4, 0.5) is 5.13 Å². The molecule has 2 aromatic rings. The largest absolute Gasteiger partial charge is 0.376 e. The Labute approximate surface area is 190 Å². The number of aromatic nitrogens is 1. The normalized spacial score (nSPS) is 25.3. The van der Waals surface area contributed by atoms with Crippen molar-refractivity contribution in [3.8, 4) is 0 Å². The van der Waals surface area contributed by atoms with Crippen molar-refractivity contribution in [2.45, 2.75) is 44.2 Å². The number of sulfone groups is 1. The number of anilines is 1. The zero-order valence-electron chi connectivity index (χ0n) is 17.5. The number of fused-ring (bicyclic) bond motifs is 1. The summed E-state index contributed by atoms with van der Waals surface area (Å²) in [6.45, 7) is 1.04. The molecule has 32 heavy (non-hydrogen) atoms. The maximum absolute atomic E-state index is 13.6. The zero-order chi connectivity index (χ0) is 22.3. The molecule has 3 aliphatic rings. The highest BCUT2D eigenvalue weighted by atomic mass is 32.2. The van der Waals surface area contributed by atoms with Gasteiger partial charge in [0.05, 0.1) is 40.4 Å². The molecule has 2 atom stereocenters. The number of rotatable bonds is 5. The van der Waals surface area contributed by atoms with Gasteiger partial charge in [-0.05, 0) is 31.4 Å². The van der Waals surface area contributed by atoms with E-state index in [0.717, 1.165) is 23.1 Å². The minimum Gasteiger partial charge on any atom is -0.376 e. The van der Waals surface area contributed by atoms with E-state index in [1.807, 2.05) is 24.3 Å². The highest BCUT2D eigenvalue weighted by Gasteiger charge is 2.38. The average molecular weight is 477 g/mol. The molecule has 0 bridgehead atoms. The first-order valence-electron chi connectivity index (χ1n) is 10.8. The van der Waals surface area contributed by atoms with Gasteiger partial charge >= 0.3 is 0 Å². The summed E-state index contributed by atoms with van der Waals surface area (Å²) in [5.74, 6) is -0.620. The molecular formula is C21H24N4O5S2. The molecule has 11 heteroatoms. The summed E-state index contributed by atoms with van der Waals surface area (Å²) in [5.41, 5.74) is 1.07. The van der Waals surface area contributed by atoms with Crippen molar-refractivity contribution in [3.05, 3.63) is 24.3 Å². The maximum atomic E-state index is 13.6. The van der Waals surface area contributed by atoms with Crippen LogP contribution in [-0.2, 0) is 24.2 Å². The molecule has 0 spiro atoms. The Balaban J connectivity index is 1.45. The Bertz CT molecular complexity index is 1150. The SMILES string of the molecule is O=C(C1=NN([C@H]2CCS(=O)(=O)C2)C(=O)CC1)N(C[C@@H]1CCCO1)c1nc2ccccc2s1. The van der Waals surface area contributed by atoms with Gasteiger partial charge in [-0.2, -0.15) is 5.10 Å². The average Bonchev–Trinajstić information content (AvgIpc) is 3.51. The second-order valence-electron chi connectivity index (χ2n) is 8.36. The molecule has 0 unspecified atom stereocenters. The van der Waals surface area contributed by atoms with Gasteiger partial charge in [0.1, 0.15) is 5.71 Å². The Kier molecular flexibility index (Phi) is 5.72. The number of benzene rings is 1. The summed E-state index contributed by atoms with van der Waals surface area (Å²) in [4.78, 5) is 32.3. The Morgan fingerprint density at radius 3 is 2.81 bits per heavy atom. The number of ether oxygens (including phenoxy) is 1. The lowest BCUT2D eigenvalue weighted by atomic mass is 10.1. The monoisotopic (exact) mass is 476 g/mol. The van der Waals surface area contributed by atoms with E-state index < -0.39 is 15.9 Å². The number of thiazole rings is 1. The van der Waals surface area contributed by atoms with Crippen molar-refractivity contribution in [1.29, 1.82) is 0 Å². The zero-order valence-corrected chi connectivity index (χ0v) is 19.1. The molecule has 1 aromatic carbocycles. The van der Waals surface area contributed by atoms with Crippen LogP contribution in [0.15, 0.2) is 29.4 Å². The van der Waals surface area contributed by atoms with Gasteiger partial charge < -0.3 is 4.74 Å². The van der Waals surface area contributed by atoms with Crippen molar-refractivity contribution < 1.29 is 22.7 Å². The first-order chi connectivity index (χ1) is 15.4. The minimum absolute atomic E-state index is 0.0388. The van der Waals surface area contributed by atoms with Crippen LogP contribution in [0.3, 0.4) is 0 Å². The van der Waals surface area contributed by atoms with Crippen LogP contribution in [-0.4, -0.2) is 72.7 Å². The molecule has 170 valence electrons. The number of nitrogens with zero attached hydrogens (tertiary/aromatic N) is 4. The van der Waals surface area contributed by atoms with Crippen molar-refractivity contribution >= 4 is 54.0 Å². The van der Waals surface area contributed by atoms with Crippen molar-refractivity contribution in [3.63, 3.8) is 0 Å². The lowest BCUT2D eigenvalue weighted by Gasteiger charge is -2.30. The molecule has 0 radical (unpaired) electrons. The summed E-state index contributed by atoms with van der Waals surface area (Å²) >= 11 is 1.43. The van der Waals surface area contributed by atoms with E-state index in [0.29, 0.717) is 24.7 Å². The van der Waals surface area contributed by atoms with Gasteiger partial charge in [-0.1, -0.05) is 23.5 Å². The van der Waals surface area contributed by atoms with Crippen LogP contribution < -0.4 is 4.90 Å². The van der Waals surface area contributed by atoms with Crippen LogP contribution >= 0.6 is 11.3 Å². The van der Waals surface area contributed by atoms with Crippen LogP contribution in [0, 0.1) is 0 Å². The molecule has 5 rings (SSSR count). The standard InChI is InChI=1S/C21H24N4O5S2/c26-19-8-7-17(23-25(19)14-9-11-32(28,29)13-14)20(27)24(12-15-4-3-10-30-15)21-22-16-5-1-2-6-18(16)31-21/h1-2,5-6,14-15H,3-4,7-13H2/t14-,15-/m0/s1. The fourth-order valence-corrected chi connectivity index (χ4v) is 7.02. The lowest BCUT2D eigenvalue weighted by molar-refractivity contribution is -0.133. The molecule has 3 aliphatic heterocycles. The number of hydrazone groups is 1. The predicted octanol–water partition coefficient (Wildman–Crippen LogP) is 1.97. The van der Waals surface area contributed by atoms with Crippen LogP contribution in [0.1, 0.15) is 32.1 Å². The van der Waals surface area contributed by atoms with E-state index in [1.165, 1.54) is 16.3 Å². The fraction of sp³-hybridized carbons (Fsp3) is 0.524. The topological polar surface area (TPSA) is 109 Å². The maximum Gasteiger partial charge on any atom is 0.276 e. The number of para-hydroxylation sites is 1. The van der Waals surface area contributed by atoms with Crippen molar-refractivity contribution in [1.82, 2.24) is 9.99 Å². The Morgan fingerprint density at radius 1 is 1.25 bits per heavy atom. The van der Waals surface area contributed by atoms with Crippen LogP contribution in [0.5, 0.6) is 0 Å². The molecular weight excluding hydrogens is 452 g/mol. The van der Waals surface area contributed by atoms with Gasteiger partial charge in [0.2, 0.25) is 5.91 Å². The molecule has 9 nitrogen and oxygen atoms in total. The second kappa shape index (κ2) is 8.53. The van der Waals surface area contributed by atoms with Crippen molar-refractivity contribution in [2.24, 2.45) is 5.10 Å². The molecule has 4 heterocycles. The predicted molar refractivity (Wildman–Crippen MR) is 122 cm³/mol. The molecule has 2 fully saturated rings. The van der Waals surface area contributed by atoms with E-state index >= 15 is 0 Å². The Hall–Kier alpha value is -2.37. The number of amides is 2. The fourth-order valence-electron chi connectivity index (χ4n) is 4.35. The molecule has 2 saturated heterocycles. The van der Waals surface area contributed by atoms with E-state index in [1.54, 1.807) is 4.90 Å². The highest BCUT2D eigenvalue weighted by Crippen LogP contribution is 2.31. The third-order valence-corrected chi connectivity index (χ3v) is 8.84. The summed E-state index contributed by atoms with van der Waals surface area (Å²) in [6, 6.07) is 7.20. The third-order valence-electron chi connectivity index (χ3n) is 6.03. The minimum atomic E-state index is -3.18. The highest BCUT2D eigenvalue weighted by molar-refractivity contribution is 7.91. The number of carbonyl (C=O) groups is 2. The Morgan fingerprint density at radius 2 is 2.09 bits per heavy atom. The van der Waals surface area contributed by atoms with Crippen LogP contribution in [0.25, 0.3) is 10.2 Å². The van der Waals surface area contributed by atoms with Gasteiger partial charge in [-0.15, -0.1) is 0 Å². The van der Waals surface area contributed by atoms with Gasteiger partial charge in [0.15, 0.2) is 15.0 Å². The quantitative estimate of drug-likeness (QED) is 0.653. The van der Waals surface area contributed by atoms with Gasteiger partial charge in [-0.25, -0.2) is 18.4 Å². The molecule has 0 aliphatic carbocycles. The van der Waals surface area contributed by atoms with E-state index in [-0.39, 0.29) is 48.0 Å². The van der Waals surface area contributed by atoms with Crippen LogP contribution in [0.2, 0.25) is 0 Å². The summed E-state index contributed by atoms with van der Waals surface area (Å²) in [6.07, 6.45) is 2.44. The number of hydrogen-bond donors (Lipinski definition) is 0. The van der Waals surface area contributed by atoms with Gasteiger partial charge in [0.25, 0.3) is 5.91 Å². The third kappa shape index (κ3) is 4.28. The van der Waals surface area contributed by atoms with E-state index in [2.05, 4.69) is 10.1 Å². The second-order valence-corrected chi connectivity index (χ2v) is 11.6. The summed E-state index contributed by atoms with van der Waals surface area (Å²) in [7, 11) is -3.18. The van der Waals surface area contributed by atoms with Gasteiger partial charge in [-0.3, -0.25) is 14.5 Å². The molecule has 0 saturated carbocycles.